The van der Waals surface area contributed by atoms with Crippen molar-refractivity contribution in [3.8, 4) is 0 Å². The van der Waals surface area contributed by atoms with Crippen molar-refractivity contribution < 1.29 is 0 Å². The molecule has 3 N–H and O–H groups in total. The Morgan fingerprint density at radius 2 is 2.28 bits per heavy atom. The lowest BCUT2D eigenvalue weighted by atomic mass is 10.3. The van der Waals surface area contributed by atoms with Gasteiger partial charge in [-0.3, -0.25) is 0 Å². The van der Waals surface area contributed by atoms with E-state index in [-0.39, 0.29) is 6.04 Å². The third-order valence-electron chi connectivity index (χ3n) is 2.54. The second-order valence-corrected chi connectivity index (χ2v) is 5.49. The average Bonchev–Trinajstić information content (AvgIpc) is 2.82. The maximum atomic E-state index is 5.85. The highest BCUT2D eigenvalue weighted by molar-refractivity contribution is 7.11. The van der Waals surface area contributed by atoms with Crippen molar-refractivity contribution in [1.82, 2.24) is 9.97 Å². The highest BCUT2D eigenvalue weighted by Crippen LogP contribution is 2.26. The van der Waals surface area contributed by atoms with Gasteiger partial charge in [0.05, 0.1) is 11.7 Å². The minimum absolute atomic E-state index is 0.0589. The maximum absolute atomic E-state index is 5.85. The number of hydrogen-bond acceptors (Lipinski definition) is 5. The summed E-state index contributed by atoms with van der Waals surface area (Å²) in [5, 5.41) is 4.68. The maximum Gasteiger partial charge on any atom is 0.151 e. The largest absolute Gasteiger partial charge is 0.396 e. The zero-order chi connectivity index (χ0) is 13.1. The zero-order valence-electron chi connectivity index (χ0n) is 10.3. The Labute approximate surface area is 115 Å². The summed E-state index contributed by atoms with van der Waals surface area (Å²) in [6.07, 6.45) is 2.91. The number of halogens is 1. The fourth-order valence-electron chi connectivity index (χ4n) is 1.51. The second kappa shape index (κ2) is 5.54. The summed E-state index contributed by atoms with van der Waals surface area (Å²) in [4.78, 5) is 9.83. The number of nitrogen functional groups attached to an aromatic ring is 1. The van der Waals surface area contributed by atoms with E-state index in [1.165, 1.54) is 4.88 Å². The van der Waals surface area contributed by atoms with Crippen molar-refractivity contribution in [3.05, 3.63) is 33.4 Å². The van der Waals surface area contributed by atoms with Crippen molar-refractivity contribution in [1.29, 1.82) is 0 Å². The van der Waals surface area contributed by atoms with Crippen LogP contribution < -0.4 is 11.1 Å². The normalized spacial score (nSPS) is 12.4. The molecule has 0 aromatic carbocycles. The monoisotopic (exact) mass is 282 g/mol. The number of pyridine rings is 1. The van der Waals surface area contributed by atoms with Crippen molar-refractivity contribution >= 4 is 34.4 Å². The van der Waals surface area contributed by atoms with Crippen LogP contribution in [-0.2, 0) is 6.42 Å². The van der Waals surface area contributed by atoms with E-state index < -0.39 is 0 Å². The number of anilines is 2. The van der Waals surface area contributed by atoms with E-state index in [2.05, 4.69) is 22.2 Å². The predicted molar refractivity (Wildman–Crippen MR) is 77.2 cm³/mol. The Balaban J connectivity index is 2.15. The fourth-order valence-corrected chi connectivity index (χ4v) is 2.52. The third kappa shape index (κ3) is 2.91. The van der Waals surface area contributed by atoms with E-state index in [9.17, 15) is 0 Å². The summed E-state index contributed by atoms with van der Waals surface area (Å²) in [5.74, 6) is 0.600. The van der Waals surface area contributed by atoms with Gasteiger partial charge < -0.3 is 11.1 Å². The summed E-state index contributed by atoms with van der Waals surface area (Å²) >= 11 is 7.55. The lowest BCUT2D eigenvalue weighted by molar-refractivity contribution is 0.861. The minimum Gasteiger partial charge on any atom is -0.396 e. The van der Waals surface area contributed by atoms with Gasteiger partial charge in [-0.2, -0.15) is 0 Å². The molecular formula is C12H15ClN4S. The second-order valence-electron chi connectivity index (χ2n) is 3.96. The fraction of sp³-hybridized carbons (Fsp3) is 0.333. The summed E-state index contributed by atoms with van der Waals surface area (Å²) in [7, 11) is 0. The van der Waals surface area contributed by atoms with Crippen LogP contribution in [0.3, 0.4) is 0 Å². The number of nitrogens with one attached hydrogen (secondary N) is 1. The van der Waals surface area contributed by atoms with E-state index in [0.717, 1.165) is 11.4 Å². The number of aromatic nitrogens is 2. The first kappa shape index (κ1) is 13.1. The molecule has 18 heavy (non-hydrogen) atoms. The first-order valence-electron chi connectivity index (χ1n) is 5.73. The van der Waals surface area contributed by atoms with Crippen LogP contribution in [0.1, 0.15) is 29.8 Å². The van der Waals surface area contributed by atoms with Crippen LogP contribution >= 0.6 is 22.9 Å². The van der Waals surface area contributed by atoms with E-state index >= 15 is 0 Å². The highest BCUT2D eigenvalue weighted by atomic mass is 35.5. The predicted octanol–water partition coefficient (Wildman–Crippen LogP) is 3.51. The number of thiazole rings is 1. The number of nitrogens with two attached hydrogens (primary N) is 1. The van der Waals surface area contributed by atoms with E-state index in [1.807, 2.05) is 13.1 Å². The van der Waals surface area contributed by atoms with Crippen LogP contribution in [0.25, 0.3) is 0 Å². The minimum atomic E-state index is 0.0589. The van der Waals surface area contributed by atoms with E-state index in [4.69, 9.17) is 17.3 Å². The first-order valence-corrected chi connectivity index (χ1v) is 6.92. The molecule has 0 aliphatic heterocycles. The summed E-state index contributed by atoms with van der Waals surface area (Å²) in [6, 6.07) is 3.47. The third-order valence-corrected chi connectivity index (χ3v) is 4.07. The molecule has 1 unspecified atom stereocenters. The molecule has 6 heteroatoms. The molecule has 0 radical (unpaired) electrons. The van der Waals surface area contributed by atoms with Gasteiger partial charge in [-0.05, 0) is 25.5 Å². The van der Waals surface area contributed by atoms with Gasteiger partial charge in [0.2, 0.25) is 0 Å². The van der Waals surface area contributed by atoms with Gasteiger partial charge in [0.25, 0.3) is 0 Å². The van der Waals surface area contributed by atoms with Gasteiger partial charge in [-0.15, -0.1) is 11.3 Å². The van der Waals surface area contributed by atoms with Crippen LogP contribution in [-0.4, -0.2) is 9.97 Å². The quantitative estimate of drug-likeness (QED) is 0.843. The molecule has 0 bridgehead atoms. The first-order chi connectivity index (χ1) is 8.60. The van der Waals surface area contributed by atoms with Crippen molar-refractivity contribution in [3.63, 3.8) is 0 Å². The molecule has 4 nitrogen and oxygen atoms in total. The molecule has 0 aliphatic rings. The molecule has 0 aliphatic carbocycles. The molecule has 2 heterocycles. The standard InChI is InChI=1S/C12H15ClN4S/c1-3-8-6-15-12(18-8)7(2)16-11-9(14)4-5-10(13)17-11/h4-7H,3,14H2,1-2H3,(H,16,17). The van der Waals surface area contributed by atoms with Crippen molar-refractivity contribution in [2.24, 2.45) is 0 Å². The molecule has 0 spiro atoms. The van der Waals surface area contributed by atoms with Crippen molar-refractivity contribution in [2.45, 2.75) is 26.3 Å². The van der Waals surface area contributed by atoms with Gasteiger partial charge in [0.15, 0.2) is 5.82 Å². The summed E-state index contributed by atoms with van der Waals surface area (Å²) in [5.41, 5.74) is 6.43. The molecule has 2 rings (SSSR count). The topological polar surface area (TPSA) is 63.8 Å². The molecule has 0 saturated heterocycles. The molecule has 0 saturated carbocycles. The smallest absolute Gasteiger partial charge is 0.151 e. The lowest BCUT2D eigenvalue weighted by Crippen LogP contribution is -2.09. The molecule has 2 aromatic rings. The summed E-state index contributed by atoms with van der Waals surface area (Å²) < 4.78 is 0. The number of rotatable bonds is 4. The van der Waals surface area contributed by atoms with E-state index in [0.29, 0.717) is 16.7 Å². The van der Waals surface area contributed by atoms with E-state index in [1.54, 1.807) is 23.5 Å². The van der Waals surface area contributed by atoms with Gasteiger partial charge >= 0.3 is 0 Å². The molecule has 96 valence electrons. The van der Waals surface area contributed by atoms with Crippen molar-refractivity contribution in [2.75, 3.05) is 11.1 Å². The Bertz CT molecular complexity index is 541. The number of nitrogens with zero attached hydrogens (tertiary/aromatic N) is 2. The zero-order valence-corrected chi connectivity index (χ0v) is 11.8. The van der Waals surface area contributed by atoms with Gasteiger partial charge in [-0.1, -0.05) is 18.5 Å². The van der Waals surface area contributed by atoms with Crippen LogP contribution in [0.2, 0.25) is 5.15 Å². The van der Waals surface area contributed by atoms with Crippen LogP contribution in [0.4, 0.5) is 11.5 Å². The van der Waals surface area contributed by atoms with Gasteiger partial charge in [0.1, 0.15) is 10.2 Å². The molecule has 1 atom stereocenters. The lowest BCUT2D eigenvalue weighted by Gasteiger charge is -2.13. The molecular weight excluding hydrogens is 268 g/mol. The molecule has 2 aromatic heterocycles. The average molecular weight is 283 g/mol. The Morgan fingerprint density at radius 1 is 1.50 bits per heavy atom. The molecule has 0 amide bonds. The van der Waals surface area contributed by atoms with Gasteiger partial charge in [-0.25, -0.2) is 9.97 Å². The summed E-state index contributed by atoms with van der Waals surface area (Å²) in [6.45, 7) is 4.15. The van der Waals surface area contributed by atoms with Crippen LogP contribution in [0.5, 0.6) is 0 Å². The Hall–Kier alpha value is -1.33. The molecule has 0 fully saturated rings. The SMILES string of the molecule is CCc1cnc(C(C)Nc2nc(Cl)ccc2N)s1. The van der Waals surface area contributed by atoms with Crippen LogP contribution in [0, 0.1) is 0 Å². The Morgan fingerprint density at radius 3 is 2.94 bits per heavy atom. The Kier molecular flexibility index (Phi) is 4.04. The number of aryl methyl sites for hydroxylation is 1. The van der Waals surface area contributed by atoms with Crippen LogP contribution in [0.15, 0.2) is 18.3 Å². The van der Waals surface area contributed by atoms with Gasteiger partial charge in [0, 0.05) is 11.1 Å². The number of hydrogen-bond donors (Lipinski definition) is 2. The highest BCUT2D eigenvalue weighted by Gasteiger charge is 2.12.